The van der Waals surface area contributed by atoms with Gasteiger partial charge in [0.2, 0.25) is 0 Å². The van der Waals surface area contributed by atoms with Crippen LogP contribution in [0.3, 0.4) is 0 Å². The van der Waals surface area contributed by atoms with Crippen LogP contribution >= 0.6 is 0 Å². The van der Waals surface area contributed by atoms with Crippen molar-refractivity contribution in [2.75, 3.05) is 0 Å². The van der Waals surface area contributed by atoms with Crippen LogP contribution in [0.25, 0.3) is 11.3 Å². The minimum Gasteiger partial charge on any atom is -0.347 e. The van der Waals surface area contributed by atoms with Gasteiger partial charge in [0.25, 0.3) is 11.5 Å². The molecule has 0 bridgehead atoms. The molecule has 0 unspecified atom stereocenters. The molecule has 0 saturated heterocycles. The Balaban J connectivity index is 2.21. The van der Waals surface area contributed by atoms with E-state index in [4.69, 9.17) is 0 Å². The number of hydrogen-bond acceptors (Lipinski definition) is 3. The summed E-state index contributed by atoms with van der Waals surface area (Å²) in [5, 5.41) is 2.96. The van der Waals surface area contributed by atoms with E-state index in [0.29, 0.717) is 5.69 Å². The Hall–Kier alpha value is -2.43. The SMILES string of the molecule is CC(C)(C)CC(C)(C)NC(=O)c1ccc(-c2ccncc2)[nH]c1=O. The molecular weight excluding hydrogens is 302 g/mol. The summed E-state index contributed by atoms with van der Waals surface area (Å²) in [6.45, 7) is 10.3. The number of rotatable bonds is 4. The van der Waals surface area contributed by atoms with E-state index in [-0.39, 0.29) is 16.9 Å². The maximum atomic E-state index is 12.5. The molecule has 2 aromatic heterocycles. The summed E-state index contributed by atoms with van der Waals surface area (Å²) in [5.41, 5.74) is 0.915. The zero-order valence-corrected chi connectivity index (χ0v) is 14.9. The molecule has 2 heterocycles. The molecule has 0 aliphatic carbocycles. The summed E-state index contributed by atoms with van der Waals surface area (Å²) in [7, 11) is 0. The van der Waals surface area contributed by atoms with Gasteiger partial charge >= 0.3 is 0 Å². The van der Waals surface area contributed by atoms with Crippen molar-refractivity contribution in [3.8, 4) is 11.3 Å². The molecule has 0 atom stereocenters. The van der Waals surface area contributed by atoms with Gasteiger partial charge in [0.05, 0.1) is 0 Å². The largest absolute Gasteiger partial charge is 0.347 e. The number of hydrogen-bond donors (Lipinski definition) is 2. The number of aromatic nitrogens is 2. The molecule has 2 rings (SSSR count). The molecular formula is C19H25N3O2. The normalized spacial score (nSPS) is 12.0. The summed E-state index contributed by atoms with van der Waals surface area (Å²) in [4.78, 5) is 31.5. The van der Waals surface area contributed by atoms with Gasteiger partial charge < -0.3 is 10.3 Å². The summed E-state index contributed by atoms with van der Waals surface area (Å²) in [6.07, 6.45) is 4.12. The van der Waals surface area contributed by atoms with E-state index in [9.17, 15) is 9.59 Å². The van der Waals surface area contributed by atoms with Crippen molar-refractivity contribution in [1.29, 1.82) is 0 Å². The van der Waals surface area contributed by atoms with Gasteiger partial charge in [-0.2, -0.15) is 0 Å². The molecule has 5 heteroatoms. The molecule has 0 saturated carbocycles. The van der Waals surface area contributed by atoms with Crippen LogP contribution in [0.2, 0.25) is 0 Å². The maximum absolute atomic E-state index is 12.5. The van der Waals surface area contributed by atoms with Gasteiger partial charge in [-0.1, -0.05) is 20.8 Å². The third-order valence-electron chi connectivity index (χ3n) is 3.57. The van der Waals surface area contributed by atoms with E-state index in [1.54, 1.807) is 36.7 Å². The van der Waals surface area contributed by atoms with Crippen LogP contribution in [-0.4, -0.2) is 21.4 Å². The second-order valence-electron chi connectivity index (χ2n) is 7.93. The zero-order valence-electron chi connectivity index (χ0n) is 14.9. The number of carbonyl (C=O) groups is 1. The highest BCUT2D eigenvalue weighted by Crippen LogP contribution is 2.27. The number of amides is 1. The number of pyridine rings is 2. The van der Waals surface area contributed by atoms with Gasteiger partial charge in [-0.15, -0.1) is 0 Å². The maximum Gasteiger partial charge on any atom is 0.261 e. The van der Waals surface area contributed by atoms with Gasteiger partial charge in [-0.25, -0.2) is 0 Å². The fraction of sp³-hybridized carbons (Fsp3) is 0.421. The van der Waals surface area contributed by atoms with Crippen LogP contribution in [-0.2, 0) is 0 Å². The lowest BCUT2D eigenvalue weighted by atomic mass is 9.81. The van der Waals surface area contributed by atoms with Crippen molar-refractivity contribution in [3.63, 3.8) is 0 Å². The first-order valence-electron chi connectivity index (χ1n) is 8.04. The van der Waals surface area contributed by atoms with Crippen LogP contribution in [0.5, 0.6) is 0 Å². The molecule has 1 amide bonds. The van der Waals surface area contributed by atoms with Crippen LogP contribution < -0.4 is 10.9 Å². The molecule has 24 heavy (non-hydrogen) atoms. The van der Waals surface area contributed by atoms with Crippen LogP contribution in [0.15, 0.2) is 41.5 Å². The third kappa shape index (κ3) is 4.78. The zero-order chi connectivity index (χ0) is 18.0. The Labute approximate surface area is 142 Å². The Bertz CT molecular complexity index is 771. The lowest BCUT2D eigenvalue weighted by molar-refractivity contribution is 0.0890. The second-order valence-corrected chi connectivity index (χ2v) is 7.93. The average molecular weight is 327 g/mol. The van der Waals surface area contributed by atoms with Gasteiger partial charge in [-0.3, -0.25) is 14.6 Å². The number of carbonyl (C=O) groups excluding carboxylic acids is 1. The smallest absolute Gasteiger partial charge is 0.261 e. The molecule has 0 fully saturated rings. The molecule has 0 spiro atoms. The van der Waals surface area contributed by atoms with Crippen LogP contribution in [0.1, 0.15) is 51.4 Å². The molecule has 128 valence electrons. The van der Waals surface area contributed by atoms with E-state index >= 15 is 0 Å². The van der Waals surface area contributed by atoms with E-state index in [1.165, 1.54) is 0 Å². The second kappa shape index (κ2) is 6.59. The summed E-state index contributed by atoms with van der Waals surface area (Å²) in [6, 6.07) is 6.91. The first-order valence-corrected chi connectivity index (χ1v) is 8.04. The quantitative estimate of drug-likeness (QED) is 0.904. The number of H-pyrrole nitrogens is 1. The fourth-order valence-corrected chi connectivity index (χ4v) is 3.10. The van der Waals surface area contributed by atoms with Crippen molar-refractivity contribution in [2.24, 2.45) is 5.41 Å². The Kier molecular flexibility index (Phi) is 4.92. The van der Waals surface area contributed by atoms with Gasteiger partial charge in [-0.05, 0) is 49.9 Å². The number of nitrogens with one attached hydrogen (secondary N) is 2. The van der Waals surface area contributed by atoms with Crippen molar-refractivity contribution in [3.05, 3.63) is 52.6 Å². The fourth-order valence-electron chi connectivity index (χ4n) is 3.10. The topological polar surface area (TPSA) is 74.8 Å². The standard InChI is InChI=1S/C19H25N3O2/c1-18(2,3)12-19(4,5)22-17(24)14-6-7-15(21-16(14)23)13-8-10-20-11-9-13/h6-11H,12H2,1-5H3,(H,21,23)(H,22,24). The van der Waals surface area contributed by atoms with Gasteiger partial charge in [0.1, 0.15) is 5.56 Å². The molecule has 2 N–H and O–H groups in total. The van der Waals surface area contributed by atoms with E-state index in [0.717, 1.165) is 12.0 Å². The van der Waals surface area contributed by atoms with Crippen molar-refractivity contribution >= 4 is 5.91 Å². The molecule has 5 nitrogen and oxygen atoms in total. The van der Waals surface area contributed by atoms with Crippen molar-refractivity contribution in [2.45, 2.75) is 46.6 Å². The van der Waals surface area contributed by atoms with Crippen molar-refractivity contribution in [1.82, 2.24) is 15.3 Å². The molecule has 2 aromatic rings. The lowest BCUT2D eigenvalue weighted by Gasteiger charge is -2.33. The summed E-state index contributed by atoms with van der Waals surface area (Å²) < 4.78 is 0. The minimum atomic E-state index is -0.397. The monoisotopic (exact) mass is 327 g/mol. The molecule has 0 radical (unpaired) electrons. The third-order valence-corrected chi connectivity index (χ3v) is 3.57. The Morgan fingerprint density at radius 2 is 1.71 bits per heavy atom. The number of nitrogens with zero attached hydrogens (tertiary/aromatic N) is 1. The van der Waals surface area contributed by atoms with Crippen LogP contribution in [0, 0.1) is 5.41 Å². The van der Waals surface area contributed by atoms with Crippen molar-refractivity contribution < 1.29 is 4.79 Å². The molecule has 0 aliphatic heterocycles. The van der Waals surface area contributed by atoms with Crippen LogP contribution in [0.4, 0.5) is 0 Å². The summed E-state index contributed by atoms with van der Waals surface area (Å²) in [5.74, 6) is -0.355. The highest BCUT2D eigenvalue weighted by molar-refractivity contribution is 5.94. The van der Waals surface area contributed by atoms with E-state index in [1.807, 2.05) is 13.8 Å². The average Bonchev–Trinajstić information content (AvgIpc) is 2.44. The first kappa shape index (κ1) is 17.9. The van der Waals surface area contributed by atoms with E-state index in [2.05, 4.69) is 36.1 Å². The highest BCUT2D eigenvalue weighted by atomic mass is 16.2. The predicted octanol–water partition coefficient (Wildman–Crippen LogP) is 3.38. The van der Waals surface area contributed by atoms with E-state index < -0.39 is 11.1 Å². The summed E-state index contributed by atoms with van der Waals surface area (Å²) >= 11 is 0. The Morgan fingerprint density at radius 1 is 1.08 bits per heavy atom. The lowest BCUT2D eigenvalue weighted by Crippen LogP contribution is -2.47. The minimum absolute atomic E-state index is 0.0778. The first-order chi connectivity index (χ1) is 11.1. The van der Waals surface area contributed by atoms with Gasteiger partial charge in [0, 0.05) is 29.2 Å². The Morgan fingerprint density at radius 3 is 2.25 bits per heavy atom. The highest BCUT2D eigenvalue weighted by Gasteiger charge is 2.28. The molecule has 0 aliphatic rings. The number of aromatic amines is 1. The molecule has 0 aromatic carbocycles. The predicted molar refractivity (Wildman–Crippen MR) is 95.9 cm³/mol. The van der Waals surface area contributed by atoms with Gasteiger partial charge in [0.15, 0.2) is 0 Å².